The lowest BCUT2D eigenvalue weighted by molar-refractivity contribution is -0.136. The number of alkyl halides is 2. The van der Waals surface area contributed by atoms with Gasteiger partial charge in [0.15, 0.2) is 0 Å². The van der Waals surface area contributed by atoms with Crippen LogP contribution in [0.3, 0.4) is 0 Å². The molecule has 0 unspecified atom stereocenters. The quantitative estimate of drug-likeness (QED) is 0.449. The second-order valence-corrected chi connectivity index (χ2v) is 8.26. The average molecular weight is 485 g/mol. The molecule has 0 aliphatic carbocycles. The summed E-state index contributed by atoms with van der Waals surface area (Å²) in [5.74, 6) is -0.455. The summed E-state index contributed by atoms with van der Waals surface area (Å²) in [6.07, 6.45) is 4.12. The van der Waals surface area contributed by atoms with Crippen molar-refractivity contribution in [1.29, 1.82) is 0 Å². The van der Waals surface area contributed by atoms with Crippen molar-refractivity contribution in [3.8, 4) is 16.9 Å². The molecule has 2 heterocycles. The zero-order chi connectivity index (χ0) is 24.8. The average Bonchev–Trinajstić information content (AvgIpc) is 2.86. The number of hydrogen-bond donors (Lipinski definition) is 3. The fourth-order valence-corrected chi connectivity index (χ4v) is 4.00. The number of β-amino-alcohol motifs (C(OH)–C–C–N with tert-alkyl or cyclic N) is 1. The van der Waals surface area contributed by atoms with Gasteiger partial charge in [-0.1, -0.05) is 24.3 Å². The number of anilines is 2. The Morgan fingerprint density at radius 1 is 1.09 bits per heavy atom. The summed E-state index contributed by atoms with van der Waals surface area (Å²) in [7, 11) is 0. The zero-order valence-corrected chi connectivity index (χ0v) is 18.8. The molecule has 2 atom stereocenters. The van der Waals surface area contributed by atoms with Crippen LogP contribution in [-0.4, -0.2) is 63.4 Å². The first kappa shape index (κ1) is 24.5. The van der Waals surface area contributed by atoms with Gasteiger partial charge in [-0.3, -0.25) is 4.79 Å². The number of piperidine rings is 1. The lowest BCUT2D eigenvalue weighted by Crippen LogP contribution is -2.44. The molecule has 10 heteroatoms. The molecule has 35 heavy (non-hydrogen) atoms. The summed E-state index contributed by atoms with van der Waals surface area (Å²) in [4.78, 5) is 23.0. The maximum Gasteiger partial charge on any atom is 0.387 e. The topological polar surface area (TPSA) is 108 Å². The van der Waals surface area contributed by atoms with Crippen molar-refractivity contribution >= 4 is 17.5 Å². The molecule has 1 amide bonds. The number of aliphatic hydroxyl groups is 2. The Bertz CT molecular complexity index is 1110. The number of benzene rings is 2. The van der Waals surface area contributed by atoms with Crippen LogP contribution >= 0.6 is 0 Å². The summed E-state index contributed by atoms with van der Waals surface area (Å²) >= 11 is 0. The third-order valence-corrected chi connectivity index (χ3v) is 5.82. The van der Waals surface area contributed by atoms with E-state index in [1.54, 1.807) is 53.7 Å². The van der Waals surface area contributed by atoms with E-state index in [0.29, 0.717) is 35.7 Å². The van der Waals surface area contributed by atoms with Crippen LogP contribution in [0.25, 0.3) is 11.1 Å². The number of aliphatic hydroxyl groups excluding tert-OH is 2. The molecule has 0 bridgehead atoms. The lowest BCUT2D eigenvalue weighted by atomic mass is 9.96. The molecular formula is C25H26F2N4O4. The Kier molecular flexibility index (Phi) is 7.84. The second-order valence-electron chi connectivity index (χ2n) is 8.26. The van der Waals surface area contributed by atoms with E-state index in [-0.39, 0.29) is 24.8 Å². The number of carbonyl (C=O) groups is 1. The van der Waals surface area contributed by atoms with Crippen LogP contribution in [0.1, 0.15) is 24.3 Å². The highest BCUT2D eigenvalue weighted by atomic mass is 19.3. The maximum absolute atomic E-state index is 12.8. The summed E-state index contributed by atoms with van der Waals surface area (Å²) in [5.41, 5.74) is 2.84. The molecule has 1 aliphatic rings. The monoisotopic (exact) mass is 484 g/mol. The number of nitrogens with zero attached hydrogens (tertiary/aromatic N) is 3. The van der Waals surface area contributed by atoms with Gasteiger partial charge in [-0.2, -0.15) is 8.78 Å². The van der Waals surface area contributed by atoms with Crippen LogP contribution in [-0.2, 0) is 4.79 Å². The molecule has 3 N–H and O–H groups in total. The van der Waals surface area contributed by atoms with Crippen molar-refractivity contribution < 1.29 is 28.5 Å². The summed E-state index contributed by atoms with van der Waals surface area (Å²) in [6.45, 7) is -2.33. The fourth-order valence-electron chi connectivity index (χ4n) is 4.00. The van der Waals surface area contributed by atoms with E-state index in [1.165, 1.54) is 12.1 Å². The van der Waals surface area contributed by atoms with Crippen molar-refractivity contribution in [1.82, 2.24) is 14.9 Å². The van der Waals surface area contributed by atoms with Crippen LogP contribution in [0.5, 0.6) is 5.75 Å². The molecule has 2 aromatic carbocycles. The van der Waals surface area contributed by atoms with Crippen LogP contribution in [0.4, 0.5) is 20.4 Å². The second kappa shape index (κ2) is 11.2. The number of ether oxygens (including phenoxy) is 1. The van der Waals surface area contributed by atoms with Gasteiger partial charge >= 0.3 is 6.61 Å². The Hall–Kier alpha value is -3.63. The van der Waals surface area contributed by atoms with Gasteiger partial charge in [0.1, 0.15) is 5.75 Å². The molecule has 1 aromatic heterocycles. The number of likely N-dealkylation sites (tertiary alicyclic amines) is 1. The molecule has 3 aromatic rings. The largest absolute Gasteiger partial charge is 0.435 e. The van der Waals surface area contributed by atoms with Crippen molar-refractivity contribution in [3.63, 3.8) is 0 Å². The van der Waals surface area contributed by atoms with Crippen LogP contribution < -0.4 is 10.1 Å². The first-order valence-corrected chi connectivity index (χ1v) is 11.2. The van der Waals surface area contributed by atoms with Gasteiger partial charge in [-0.05, 0) is 48.2 Å². The van der Waals surface area contributed by atoms with E-state index < -0.39 is 18.6 Å². The van der Waals surface area contributed by atoms with Gasteiger partial charge in [0.2, 0.25) is 11.9 Å². The molecule has 0 saturated carbocycles. The van der Waals surface area contributed by atoms with Crippen molar-refractivity contribution in [2.75, 3.05) is 25.0 Å². The lowest BCUT2D eigenvalue weighted by Gasteiger charge is -2.32. The standard InChI is InChI=1S/C25H26F2N4O4/c26-24(27)35-21-9-5-16(6-10-21)18-12-28-25(29-13-18)30-19-7-3-17(4-8-19)22(15-32)23(34)31-11-1-2-20(33)14-31/h3-10,12-13,20,22,24,32-33H,1-2,11,14-15H2,(H,28,29,30)/t20-,22-/m0/s1. The number of aromatic nitrogens is 2. The number of rotatable bonds is 8. The molecule has 184 valence electrons. The van der Waals surface area contributed by atoms with E-state index in [0.717, 1.165) is 12.0 Å². The summed E-state index contributed by atoms with van der Waals surface area (Å²) in [6, 6.07) is 13.3. The fraction of sp³-hybridized carbons (Fsp3) is 0.320. The van der Waals surface area contributed by atoms with Gasteiger partial charge in [-0.15, -0.1) is 0 Å². The number of halogens is 2. The van der Waals surface area contributed by atoms with Crippen LogP contribution in [0, 0.1) is 0 Å². The highest BCUT2D eigenvalue weighted by Crippen LogP contribution is 2.25. The number of carbonyl (C=O) groups excluding carboxylic acids is 1. The van der Waals surface area contributed by atoms with E-state index in [1.807, 2.05) is 0 Å². The van der Waals surface area contributed by atoms with Crippen molar-refractivity contribution in [3.05, 3.63) is 66.5 Å². The normalized spacial score (nSPS) is 16.7. The zero-order valence-electron chi connectivity index (χ0n) is 18.8. The molecule has 1 fully saturated rings. The predicted molar refractivity (Wildman–Crippen MR) is 125 cm³/mol. The minimum Gasteiger partial charge on any atom is -0.435 e. The minimum absolute atomic E-state index is 0.0741. The summed E-state index contributed by atoms with van der Waals surface area (Å²) in [5, 5.41) is 22.8. The SMILES string of the molecule is O=C([C@@H](CO)c1ccc(Nc2ncc(-c3ccc(OC(F)F)cc3)cn2)cc1)N1CCC[C@H](O)C1. The Labute approximate surface area is 201 Å². The smallest absolute Gasteiger partial charge is 0.387 e. The highest BCUT2D eigenvalue weighted by Gasteiger charge is 2.28. The number of nitrogens with one attached hydrogen (secondary N) is 1. The highest BCUT2D eigenvalue weighted by molar-refractivity contribution is 5.84. The van der Waals surface area contributed by atoms with Gasteiger partial charge < -0.3 is 25.2 Å². The Morgan fingerprint density at radius 3 is 2.37 bits per heavy atom. The van der Waals surface area contributed by atoms with E-state index in [2.05, 4.69) is 20.0 Å². The minimum atomic E-state index is -2.87. The molecule has 0 radical (unpaired) electrons. The van der Waals surface area contributed by atoms with E-state index in [9.17, 15) is 23.8 Å². The molecule has 8 nitrogen and oxygen atoms in total. The Morgan fingerprint density at radius 2 is 1.77 bits per heavy atom. The first-order valence-electron chi connectivity index (χ1n) is 11.2. The van der Waals surface area contributed by atoms with Crippen molar-refractivity contribution in [2.45, 2.75) is 31.5 Å². The van der Waals surface area contributed by atoms with Gasteiger partial charge in [0.25, 0.3) is 0 Å². The number of amides is 1. The van der Waals surface area contributed by atoms with E-state index >= 15 is 0 Å². The number of hydrogen-bond acceptors (Lipinski definition) is 7. The van der Waals surface area contributed by atoms with Gasteiger partial charge in [0.05, 0.1) is 18.6 Å². The third-order valence-electron chi connectivity index (χ3n) is 5.82. The molecule has 1 saturated heterocycles. The first-order chi connectivity index (χ1) is 16.9. The maximum atomic E-state index is 12.8. The van der Waals surface area contributed by atoms with Gasteiger partial charge in [0, 0.05) is 36.7 Å². The van der Waals surface area contributed by atoms with Crippen LogP contribution in [0.2, 0.25) is 0 Å². The molecule has 1 aliphatic heterocycles. The van der Waals surface area contributed by atoms with E-state index in [4.69, 9.17) is 0 Å². The third kappa shape index (κ3) is 6.28. The molecule has 4 rings (SSSR count). The van der Waals surface area contributed by atoms with Crippen molar-refractivity contribution in [2.24, 2.45) is 0 Å². The van der Waals surface area contributed by atoms with Gasteiger partial charge in [-0.25, -0.2) is 9.97 Å². The summed E-state index contributed by atoms with van der Waals surface area (Å²) < 4.78 is 28.9. The predicted octanol–water partition coefficient (Wildman–Crippen LogP) is 3.55. The Balaban J connectivity index is 1.38. The molecular weight excluding hydrogens is 458 g/mol. The van der Waals surface area contributed by atoms with Crippen LogP contribution in [0.15, 0.2) is 60.9 Å². The molecule has 0 spiro atoms.